The Kier molecular flexibility index (Phi) is 2.02. The molecule has 2 rings (SSSR count). The van der Waals surface area contributed by atoms with Crippen LogP contribution in [0, 0.1) is 0 Å². The van der Waals surface area contributed by atoms with E-state index >= 15 is 0 Å². The predicted octanol–water partition coefficient (Wildman–Crippen LogP) is 1.40. The Morgan fingerprint density at radius 2 is 2.58 bits per heavy atom. The summed E-state index contributed by atoms with van der Waals surface area (Å²) in [5.41, 5.74) is 0. The number of amides is 1. The average Bonchev–Trinajstić information content (AvgIpc) is 2.58. The van der Waals surface area contributed by atoms with Gasteiger partial charge in [-0.3, -0.25) is 4.79 Å². The van der Waals surface area contributed by atoms with Crippen LogP contribution in [0.25, 0.3) is 0 Å². The van der Waals surface area contributed by atoms with Crippen LogP contribution in [-0.4, -0.2) is 17.4 Å². The Morgan fingerprint density at radius 3 is 3.08 bits per heavy atom. The topological polar surface area (TPSA) is 42.0 Å². The summed E-state index contributed by atoms with van der Waals surface area (Å²) >= 11 is 7.13. The molecular formula is C7H7ClN2OS. The zero-order chi connectivity index (χ0) is 8.55. The van der Waals surface area contributed by atoms with E-state index in [0.717, 1.165) is 11.4 Å². The summed E-state index contributed by atoms with van der Waals surface area (Å²) in [4.78, 5) is 15.9. The molecular weight excluding hydrogens is 196 g/mol. The van der Waals surface area contributed by atoms with Gasteiger partial charge in [0.2, 0.25) is 5.91 Å². The van der Waals surface area contributed by atoms with Gasteiger partial charge in [-0.15, -0.1) is 11.3 Å². The highest BCUT2D eigenvalue weighted by Gasteiger charge is 2.24. The Hall–Kier alpha value is -0.610. The molecule has 1 aromatic rings. The molecule has 1 unspecified atom stereocenters. The highest BCUT2D eigenvalue weighted by atomic mass is 35.5. The fourth-order valence-electron chi connectivity index (χ4n) is 1.26. The van der Waals surface area contributed by atoms with Gasteiger partial charge in [0.1, 0.15) is 0 Å². The molecule has 0 aliphatic carbocycles. The van der Waals surface area contributed by atoms with Crippen LogP contribution in [0.15, 0.2) is 6.20 Å². The second-order valence-electron chi connectivity index (χ2n) is 2.72. The number of halogens is 1. The van der Waals surface area contributed by atoms with Gasteiger partial charge in [0.25, 0.3) is 0 Å². The SMILES string of the molecule is O=C1CC(c2cnc(Cl)s2)CN1. The second-order valence-corrected chi connectivity index (χ2v) is 4.37. The van der Waals surface area contributed by atoms with Crippen molar-refractivity contribution in [3.63, 3.8) is 0 Å². The zero-order valence-corrected chi connectivity index (χ0v) is 7.78. The van der Waals surface area contributed by atoms with E-state index in [1.54, 1.807) is 6.20 Å². The molecule has 0 bridgehead atoms. The lowest BCUT2D eigenvalue weighted by Crippen LogP contribution is -2.13. The number of hydrogen-bond acceptors (Lipinski definition) is 3. The lowest BCUT2D eigenvalue weighted by Gasteiger charge is -1.99. The van der Waals surface area contributed by atoms with Gasteiger partial charge >= 0.3 is 0 Å². The van der Waals surface area contributed by atoms with E-state index in [1.165, 1.54) is 11.3 Å². The minimum Gasteiger partial charge on any atom is -0.355 e. The molecule has 1 N–H and O–H groups in total. The van der Waals surface area contributed by atoms with E-state index in [0.29, 0.717) is 10.9 Å². The number of aromatic nitrogens is 1. The minimum absolute atomic E-state index is 0.115. The number of hydrogen-bond donors (Lipinski definition) is 1. The van der Waals surface area contributed by atoms with E-state index in [-0.39, 0.29) is 11.8 Å². The summed E-state index contributed by atoms with van der Waals surface area (Å²) in [5.74, 6) is 0.395. The summed E-state index contributed by atoms with van der Waals surface area (Å²) in [6.07, 6.45) is 2.32. The van der Waals surface area contributed by atoms with Crippen LogP contribution >= 0.6 is 22.9 Å². The largest absolute Gasteiger partial charge is 0.355 e. The van der Waals surface area contributed by atoms with Crippen LogP contribution < -0.4 is 5.32 Å². The first-order valence-corrected chi connectivity index (χ1v) is 4.83. The monoisotopic (exact) mass is 202 g/mol. The molecule has 0 radical (unpaired) electrons. The highest BCUT2D eigenvalue weighted by molar-refractivity contribution is 7.15. The fraction of sp³-hybridized carbons (Fsp3) is 0.429. The maximum atomic E-state index is 10.9. The average molecular weight is 203 g/mol. The van der Waals surface area contributed by atoms with Gasteiger partial charge in [-0.05, 0) is 0 Å². The quantitative estimate of drug-likeness (QED) is 0.748. The van der Waals surface area contributed by atoms with Gasteiger partial charge in [0.15, 0.2) is 4.47 Å². The molecule has 3 nitrogen and oxygen atoms in total. The summed E-state index contributed by atoms with van der Waals surface area (Å²) in [7, 11) is 0. The molecule has 1 fully saturated rings. The van der Waals surface area contributed by atoms with Gasteiger partial charge in [-0.1, -0.05) is 11.6 Å². The summed E-state index contributed by atoms with van der Waals surface area (Å²) in [6, 6.07) is 0. The van der Waals surface area contributed by atoms with Crippen molar-refractivity contribution in [3.8, 4) is 0 Å². The predicted molar refractivity (Wildman–Crippen MR) is 47.5 cm³/mol. The summed E-state index contributed by atoms with van der Waals surface area (Å²) in [5, 5.41) is 2.77. The first kappa shape index (κ1) is 8.01. The third-order valence-electron chi connectivity index (χ3n) is 1.88. The second kappa shape index (κ2) is 3.03. The summed E-state index contributed by atoms with van der Waals surface area (Å²) < 4.78 is 0.546. The van der Waals surface area contributed by atoms with Crippen molar-refractivity contribution in [2.45, 2.75) is 12.3 Å². The third kappa shape index (κ3) is 1.44. The van der Waals surface area contributed by atoms with Crippen molar-refractivity contribution >= 4 is 28.8 Å². The standard InChI is InChI=1S/C7H7ClN2OS/c8-7-10-3-5(12-7)4-1-6(11)9-2-4/h3-4H,1-2H2,(H,9,11). The van der Waals surface area contributed by atoms with Crippen molar-refractivity contribution in [1.29, 1.82) is 0 Å². The van der Waals surface area contributed by atoms with Crippen LogP contribution in [0.1, 0.15) is 17.2 Å². The van der Waals surface area contributed by atoms with Gasteiger partial charge in [-0.25, -0.2) is 4.98 Å². The van der Waals surface area contributed by atoms with E-state index in [1.807, 2.05) is 0 Å². The van der Waals surface area contributed by atoms with Crippen molar-refractivity contribution in [3.05, 3.63) is 15.5 Å². The lowest BCUT2D eigenvalue weighted by atomic mass is 10.1. The van der Waals surface area contributed by atoms with Crippen LogP contribution in [0.4, 0.5) is 0 Å². The number of carbonyl (C=O) groups excluding carboxylic acids is 1. The molecule has 0 saturated carbocycles. The van der Waals surface area contributed by atoms with Gasteiger partial charge in [0, 0.05) is 30.0 Å². The van der Waals surface area contributed by atoms with Crippen LogP contribution in [-0.2, 0) is 4.79 Å². The number of rotatable bonds is 1. The highest BCUT2D eigenvalue weighted by Crippen LogP contribution is 2.29. The lowest BCUT2D eigenvalue weighted by molar-refractivity contribution is -0.119. The maximum Gasteiger partial charge on any atom is 0.220 e. The fourth-order valence-corrected chi connectivity index (χ4v) is 2.31. The van der Waals surface area contributed by atoms with Crippen molar-refractivity contribution in [1.82, 2.24) is 10.3 Å². The molecule has 2 heterocycles. The van der Waals surface area contributed by atoms with E-state index in [4.69, 9.17) is 11.6 Å². The zero-order valence-electron chi connectivity index (χ0n) is 6.21. The van der Waals surface area contributed by atoms with Crippen molar-refractivity contribution in [2.24, 2.45) is 0 Å². The normalized spacial score (nSPS) is 22.8. The minimum atomic E-state index is 0.115. The van der Waals surface area contributed by atoms with Crippen molar-refractivity contribution in [2.75, 3.05) is 6.54 Å². The molecule has 0 aromatic carbocycles. The number of carbonyl (C=O) groups is 1. The first-order valence-electron chi connectivity index (χ1n) is 3.63. The number of nitrogens with one attached hydrogen (secondary N) is 1. The maximum absolute atomic E-state index is 10.9. The Bertz CT molecular complexity index is 312. The van der Waals surface area contributed by atoms with Crippen LogP contribution in [0.3, 0.4) is 0 Å². The van der Waals surface area contributed by atoms with Gasteiger partial charge in [0.05, 0.1) is 0 Å². The van der Waals surface area contributed by atoms with E-state index < -0.39 is 0 Å². The molecule has 1 atom stereocenters. The number of nitrogens with zero attached hydrogens (tertiary/aromatic N) is 1. The molecule has 5 heteroatoms. The molecule has 1 amide bonds. The Morgan fingerprint density at radius 1 is 1.75 bits per heavy atom. The molecule has 12 heavy (non-hydrogen) atoms. The van der Waals surface area contributed by atoms with Crippen molar-refractivity contribution < 1.29 is 4.79 Å². The third-order valence-corrected chi connectivity index (χ3v) is 3.15. The molecule has 1 aliphatic rings. The molecule has 0 spiro atoms. The van der Waals surface area contributed by atoms with Gasteiger partial charge < -0.3 is 5.32 Å². The molecule has 1 saturated heterocycles. The van der Waals surface area contributed by atoms with Crippen LogP contribution in [0.5, 0.6) is 0 Å². The molecule has 64 valence electrons. The molecule has 1 aliphatic heterocycles. The smallest absolute Gasteiger partial charge is 0.220 e. The molecule has 1 aromatic heterocycles. The Labute approximate surface area is 78.8 Å². The van der Waals surface area contributed by atoms with E-state index in [9.17, 15) is 4.79 Å². The van der Waals surface area contributed by atoms with Crippen LogP contribution in [0.2, 0.25) is 4.47 Å². The van der Waals surface area contributed by atoms with Gasteiger partial charge in [-0.2, -0.15) is 0 Å². The first-order chi connectivity index (χ1) is 5.75. The number of thiazole rings is 1. The Balaban J connectivity index is 2.15. The van der Waals surface area contributed by atoms with E-state index in [2.05, 4.69) is 10.3 Å². The summed E-state index contributed by atoms with van der Waals surface area (Å²) in [6.45, 7) is 0.720.